The van der Waals surface area contributed by atoms with Crippen molar-refractivity contribution in [2.45, 2.75) is 25.7 Å². The lowest BCUT2D eigenvalue weighted by molar-refractivity contribution is -0.141. The number of esters is 1. The molecule has 0 aromatic carbocycles. The van der Waals surface area contributed by atoms with Crippen molar-refractivity contribution in [3.63, 3.8) is 0 Å². The van der Waals surface area contributed by atoms with Crippen molar-refractivity contribution in [3.05, 3.63) is 24.2 Å². The van der Waals surface area contributed by atoms with Crippen LogP contribution in [-0.4, -0.2) is 61.4 Å². The Bertz CT molecular complexity index is 562. The number of rotatable bonds is 6. The number of hydrogen-bond donors (Lipinski definition) is 0. The Balaban J connectivity index is 1.75. The van der Waals surface area contributed by atoms with Crippen molar-refractivity contribution >= 4 is 17.8 Å². The van der Waals surface area contributed by atoms with E-state index in [9.17, 15) is 14.4 Å². The summed E-state index contributed by atoms with van der Waals surface area (Å²) in [6.45, 7) is 1.66. The molecule has 1 saturated heterocycles. The molecular weight excluding hydrogens is 312 g/mol. The first-order valence-corrected chi connectivity index (χ1v) is 8.16. The number of likely N-dealkylation sites (tertiary alicyclic amines) is 1. The maximum absolute atomic E-state index is 12.4. The summed E-state index contributed by atoms with van der Waals surface area (Å²) >= 11 is 0. The molecule has 7 heteroatoms. The monoisotopic (exact) mass is 336 g/mol. The van der Waals surface area contributed by atoms with Crippen molar-refractivity contribution in [1.82, 2.24) is 9.80 Å². The van der Waals surface area contributed by atoms with Crippen molar-refractivity contribution in [3.8, 4) is 0 Å². The SMILES string of the molecule is COC(=O)CCCN(C)C(=O)C1CCN(C(=O)c2ccoc2)CC1. The number of furan rings is 1. The quantitative estimate of drug-likeness (QED) is 0.736. The van der Waals surface area contributed by atoms with E-state index < -0.39 is 0 Å². The van der Waals surface area contributed by atoms with E-state index in [1.54, 1.807) is 22.9 Å². The lowest BCUT2D eigenvalue weighted by atomic mass is 9.95. The summed E-state index contributed by atoms with van der Waals surface area (Å²) in [6, 6.07) is 1.65. The van der Waals surface area contributed by atoms with Crippen LogP contribution >= 0.6 is 0 Å². The van der Waals surface area contributed by atoms with Crippen LogP contribution < -0.4 is 0 Å². The average molecular weight is 336 g/mol. The molecule has 2 amide bonds. The van der Waals surface area contributed by atoms with Gasteiger partial charge in [0.1, 0.15) is 6.26 Å². The molecule has 1 aromatic rings. The smallest absolute Gasteiger partial charge is 0.305 e. The molecule has 0 unspecified atom stereocenters. The van der Waals surface area contributed by atoms with E-state index in [4.69, 9.17) is 4.42 Å². The fourth-order valence-electron chi connectivity index (χ4n) is 2.88. The molecule has 0 aliphatic carbocycles. The van der Waals surface area contributed by atoms with Crippen LogP contribution in [0.2, 0.25) is 0 Å². The Morgan fingerprint density at radius 2 is 2.04 bits per heavy atom. The summed E-state index contributed by atoms with van der Waals surface area (Å²) in [5.41, 5.74) is 0.541. The Morgan fingerprint density at radius 1 is 1.33 bits per heavy atom. The predicted molar refractivity (Wildman–Crippen MR) is 86.2 cm³/mol. The number of carbonyl (C=O) groups excluding carboxylic acids is 3. The highest BCUT2D eigenvalue weighted by atomic mass is 16.5. The summed E-state index contributed by atoms with van der Waals surface area (Å²) in [6.07, 6.45) is 5.13. The van der Waals surface area contributed by atoms with Crippen molar-refractivity contribution < 1.29 is 23.5 Å². The number of amides is 2. The van der Waals surface area contributed by atoms with E-state index in [0.717, 1.165) is 0 Å². The van der Waals surface area contributed by atoms with Crippen molar-refractivity contribution in [2.24, 2.45) is 5.92 Å². The van der Waals surface area contributed by atoms with Gasteiger partial charge in [0.05, 0.1) is 18.9 Å². The number of carbonyl (C=O) groups is 3. The summed E-state index contributed by atoms with van der Waals surface area (Å²) in [5.74, 6) is -0.306. The molecule has 2 rings (SSSR count). The summed E-state index contributed by atoms with van der Waals surface area (Å²) in [7, 11) is 3.11. The standard InChI is InChI=1S/C17H24N2O5/c1-18(8-3-4-15(20)23-2)16(21)13-5-9-19(10-6-13)17(22)14-7-11-24-12-14/h7,11-13H,3-6,8-10H2,1-2H3. The third-order valence-corrected chi connectivity index (χ3v) is 4.38. The van der Waals surface area contributed by atoms with Crippen LogP contribution in [0.15, 0.2) is 23.0 Å². The normalized spacial score (nSPS) is 15.2. The zero-order valence-electron chi connectivity index (χ0n) is 14.2. The Kier molecular flexibility index (Phi) is 6.40. The second kappa shape index (κ2) is 8.52. The fourth-order valence-corrected chi connectivity index (χ4v) is 2.88. The van der Waals surface area contributed by atoms with E-state index in [1.165, 1.54) is 19.6 Å². The van der Waals surface area contributed by atoms with E-state index in [2.05, 4.69) is 4.74 Å². The number of methoxy groups -OCH3 is 1. The van der Waals surface area contributed by atoms with Gasteiger partial charge in [-0.25, -0.2) is 0 Å². The van der Waals surface area contributed by atoms with Gasteiger partial charge in [0.2, 0.25) is 5.91 Å². The van der Waals surface area contributed by atoms with E-state index >= 15 is 0 Å². The first-order chi connectivity index (χ1) is 11.5. The summed E-state index contributed by atoms with van der Waals surface area (Å²) in [4.78, 5) is 39.2. The van der Waals surface area contributed by atoms with Gasteiger partial charge in [-0.3, -0.25) is 14.4 Å². The van der Waals surface area contributed by atoms with Gasteiger partial charge in [-0.05, 0) is 25.3 Å². The minimum Gasteiger partial charge on any atom is -0.472 e. The summed E-state index contributed by atoms with van der Waals surface area (Å²) in [5, 5.41) is 0. The van der Waals surface area contributed by atoms with Crippen LogP contribution in [0.5, 0.6) is 0 Å². The van der Waals surface area contributed by atoms with Crippen LogP contribution in [-0.2, 0) is 14.3 Å². The van der Waals surface area contributed by atoms with Crippen LogP contribution in [0.3, 0.4) is 0 Å². The number of nitrogens with zero attached hydrogens (tertiary/aromatic N) is 2. The maximum Gasteiger partial charge on any atom is 0.305 e. The van der Waals surface area contributed by atoms with Crippen LogP contribution in [0.1, 0.15) is 36.0 Å². The number of hydrogen-bond acceptors (Lipinski definition) is 5. The first-order valence-electron chi connectivity index (χ1n) is 8.16. The lowest BCUT2D eigenvalue weighted by Gasteiger charge is -2.33. The molecule has 1 aliphatic heterocycles. The third kappa shape index (κ3) is 4.59. The zero-order valence-corrected chi connectivity index (χ0v) is 14.2. The number of ether oxygens (including phenoxy) is 1. The highest BCUT2D eigenvalue weighted by molar-refractivity contribution is 5.94. The fraction of sp³-hybridized carbons (Fsp3) is 0.588. The lowest BCUT2D eigenvalue weighted by Crippen LogP contribution is -2.43. The second-order valence-electron chi connectivity index (χ2n) is 6.02. The van der Waals surface area contributed by atoms with Crippen LogP contribution in [0, 0.1) is 5.92 Å². The molecule has 1 fully saturated rings. The average Bonchev–Trinajstić information content (AvgIpc) is 3.14. The van der Waals surface area contributed by atoms with E-state index in [1.807, 2.05) is 0 Å². The molecule has 0 saturated carbocycles. The van der Waals surface area contributed by atoms with Crippen molar-refractivity contribution in [2.75, 3.05) is 33.8 Å². The van der Waals surface area contributed by atoms with Gasteiger partial charge in [0.15, 0.2) is 0 Å². The van der Waals surface area contributed by atoms with Gasteiger partial charge in [-0.15, -0.1) is 0 Å². The zero-order chi connectivity index (χ0) is 17.5. The molecule has 0 spiro atoms. The van der Waals surface area contributed by atoms with Gasteiger partial charge in [-0.2, -0.15) is 0 Å². The third-order valence-electron chi connectivity index (χ3n) is 4.38. The van der Waals surface area contributed by atoms with Crippen molar-refractivity contribution in [1.29, 1.82) is 0 Å². The van der Waals surface area contributed by atoms with Gasteiger partial charge in [0.25, 0.3) is 5.91 Å². The van der Waals surface area contributed by atoms with Crippen LogP contribution in [0.4, 0.5) is 0 Å². The summed E-state index contributed by atoms with van der Waals surface area (Å²) < 4.78 is 9.53. The largest absolute Gasteiger partial charge is 0.472 e. The van der Waals surface area contributed by atoms with E-state index in [-0.39, 0.29) is 23.7 Å². The molecule has 24 heavy (non-hydrogen) atoms. The minimum absolute atomic E-state index is 0.0546. The molecular formula is C17H24N2O5. The maximum atomic E-state index is 12.4. The second-order valence-corrected chi connectivity index (χ2v) is 6.02. The van der Waals surface area contributed by atoms with E-state index in [0.29, 0.717) is 50.9 Å². The molecule has 2 heterocycles. The Labute approximate surface area is 141 Å². The highest BCUT2D eigenvalue weighted by Crippen LogP contribution is 2.21. The topological polar surface area (TPSA) is 80.1 Å². The molecule has 0 bridgehead atoms. The molecule has 1 aliphatic rings. The van der Waals surface area contributed by atoms with Gasteiger partial charge >= 0.3 is 5.97 Å². The van der Waals surface area contributed by atoms with Gasteiger partial charge in [0, 0.05) is 39.0 Å². The highest BCUT2D eigenvalue weighted by Gasteiger charge is 2.29. The molecule has 0 N–H and O–H groups in total. The number of piperidine rings is 1. The minimum atomic E-state index is -0.262. The molecule has 0 atom stereocenters. The van der Waals surface area contributed by atoms with Gasteiger partial charge in [-0.1, -0.05) is 0 Å². The predicted octanol–water partition coefficient (Wildman–Crippen LogP) is 1.54. The molecule has 7 nitrogen and oxygen atoms in total. The van der Waals surface area contributed by atoms with Gasteiger partial charge < -0.3 is 19.0 Å². The molecule has 1 aromatic heterocycles. The molecule has 0 radical (unpaired) electrons. The first kappa shape index (κ1) is 18.0. The molecule has 132 valence electrons. The van der Waals surface area contributed by atoms with Crippen LogP contribution in [0.25, 0.3) is 0 Å². The Hall–Kier alpha value is -2.31. The Morgan fingerprint density at radius 3 is 2.62 bits per heavy atom.